The topological polar surface area (TPSA) is 96.7 Å². The molecule has 5 rings (SSSR count). The number of rotatable bonds is 6. The Kier molecular flexibility index (Phi) is 7.11. The summed E-state index contributed by atoms with van der Waals surface area (Å²) in [6, 6.07) is 18.5. The van der Waals surface area contributed by atoms with Gasteiger partial charge >= 0.3 is 0 Å². The van der Waals surface area contributed by atoms with E-state index in [4.69, 9.17) is 4.74 Å². The molecule has 1 aromatic heterocycles. The van der Waals surface area contributed by atoms with Crippen molar-refractivity contribution in [1.82, 2.24) is 14.6 Å². The van der Waals surface area contributed by atoms with Crippen LogP contribution in [0.25, 0.3) is 22.5 Å². The molecule has 0 spiro atoms. The average Bonchev–Trinajstić information content (AvgIpc) is 3.56. The van der Waals surface area contributed by atoms with Crippen molar-refractivity contribution in [3.8, 4) is 28.3 Å². The second-order valence-corrected chi connectivity index (χ2v) is 9.90. The first-order chi connectivity index (χ1) is 18.8. The van der Waals surface area contributed by atoms with Crippen LogP contribution in [0.2, 0.25) is 0 Å². The van der Waals surface area contributed by atoms with E-state index in [-0.39, 0.29) is 17.4 Å². The van der Waals surface area contributed by atoms with E-state index in [1.165, 1.54) is 0 Å². The molecule has 3 aromatic carbocycles. The monoisotopic (exact) mass is 524 g/mol. The number of benzene rings is 3. The van der Waals surface area contributed by atoms with Gasteiger partial charge < -0.3 is 20.2 Å². The third kappa shape index (κ3) is 4.97. The molecule has 2 amide bonds. The lowest BCUT2D eigenvalue weighted by molar-refractivity contribution is 0.0792. The number of likely N-dealkylation sites (tertiary alicyclic amines) is 1. The number of anilines is 1. The Bertz CT molecular complexity index is 1550. The van der Waals surface area contributed by atoms with Crippen LogP contribution in [-0.2, 0) is 0 Å². The van der Waals surface area contributed by atoms with E-state index in [0.29, 0.717) is 28.3 Å². The molecule has 0 saturated carbocycles. The zero-order valence-electron chi connectivity index (χ0n) is 22.6. The minimum absolute atomic E-state index is 0.0192. The fraction of sp³-hybridized carbons (Fsp3) is 0.258. The predicted octanol–water partition coefficient (Wildman–Crippen LogP) is 5.88. The summed E-state index contributed by atoms with van der Waals surface area (Å²) in [5.41, 5.74) is 6.12. The van der Waals surface area contributed by atoms with Gasteiger partial charge in [-0.05, 0) is 86.7 Å². The largest absolute Gasteiger partial charge is 0.496 e. The molecule has 2 heterocycles. The summed E-state index contributed by atoms with van der Waals surface area (Å²) < 4.78 is 6.46. The van der Waals surface area contributed by atoms with Crippen molar-refractivity contribution in [3.63, 3.8) is 0 Å². The summed E-state index contributed by atoms with van der Waals surface area (Å²) in [6.07, 6.45) is 2.01. The van der Waals surface area contributed by atoms with Crippen LogP contribution in [0.1, 0.15) is 50.5 Å². The molecular formula is C31H32N4O4. The molecule has 0 atom stereocenters. The Morgan fingerprint density at radius 3 is 2.33 bits per heavy atom. The lowest BCUT2D eigenvalue weighted by atomic mass is 9.93. The van der Waals surface area contributed by atoms with Crippen LogP contribution in [0.3, 0.4) is 0 Å². The summed E-state index contributed by atoms with van der Waals surface area (Å²) in [6.45, 7) is 7.26. The number of methoxy groups -OCH3 is 1. The van der Waals surface area contributed by atoms with Gasteiger partial charge in [-0.25, -0.2) is 4.98 Å². The number of aromatic nitrogens is 2. The van der Waals surface area contributed by atoms with Crippen LogP contribution in [0.15, 0.2) is 60.7 Å². The van der Waals surface area contributed by atoms with Crippen molar-refractivity contribution >= 4 is 17.5 Å². The SMILES string of the molecule is COc1ccc(-c2nc(C)c(C(=O)Nc3cccc(C(=O)N4CCCC4)c3)n2O)cc1-c1c(C)cccc1C. The molecule has 8 heteroatoms. The molecule has 2 N–H and O–H groups in total. The zero-order valence-corrected chi connectivity index (χ0v) is 22.6. The maximum atomic E-state index is 13.3. The van der Waals surface area contributed by atoms with Gasteiger partial charge in [-0.1, -0.05) is 24.3 Å². The summed E-state index contributed by atoms with van der Waals surface area (Å²) in [7, 11) is 1.62. The van der Waals surface area contributed by atoms with Crippen molar-refractivity contribution in [1.29, 1.82) is 0 Å². The highest BCUT2D eigenvalue weighted by Gasteiger charge is 2.24. The van der Waals surface area contributed by atoms with Crippen LogP contribution < -0.4 is 10.1 Å². The summed E-state index contributed by atoms with van der Waals surface area (Å²) in [4.78, 5) is 32.4. The second kappa shape index (κ2) is 10.6. The van der Waals surface area contributed by atoms with E-state index in [1.807, 2.05) is 49.1 Å². The quantitative estimate of drug-likeness (QED) is 0.307. The van der Waals surface area contributed by atoms with E-state index < -0.39 is 5.91 Å². The summed E-state index contributed by atoms with van der Waals surface area (Å²) in [5, 5.41) is 13.9. The minimum Gasteiger partial charge on any atom is -0.496 e. The van der Waals surface area contributed by atoms with Gasteiger partial charge in [0.05, 0.1) is 12.8 Å². The minimum atomic E-state index is -0.525. The molecule has 0 radical (unpaired) electrons. The third-order valence-corrected chi connectivity index (χ3v) is 7.21. The van der Waals surface area contributed by atoms with Gasteiger partial charge in [-0.2, -0.15) is 4.73 Å². The van der Waals surface area contributed by atoms with Gasteiger partial charge in [0.25, 0.3) is 11.8 Å². The molecule has 8 nitrogen and oxygen atoms in total. The maximum Gasteiger partial charge on any atom is 0.277 e. The molecule has 1 aliphatic heterocycles. The molecule has 0 unspecified atom stereocenters. The van der Waals surface area contributed by atoms with Crippen molar-refractivity contribution in [2.45, 2.75) is 33.6 Å². The molecule has 1 saturated heterocycles. The highest BCUT2D eigenvalue weighted by Crippen LogP contribution is 2.37. The first kappa shape index (κ1) is 26.0. The number of aryl methyl sites for hydroxylation is 3. The third-order valence-electron chi connectivity index (χ3n) is 7.21. The van der Waals surface area contributed by atoms with Crippen LogP contribution in [0.5, 0.6) is 5.75 Å². The molecular weight excluding hydrogens is 492 g/mol. The Morgan fingerprint density at radius 2 is 1.64 bits per heavy atom. The van der Waals surface area contributed by atoms with E-state index in [0.717, 1.165) is 52.9 Å². The Balaban J connectivity index is 1.46. The molecule has 0 aliphatic carbocycles. The molecule has 200 valence electrons. The first-order valence-corrected chi connectivity index (χ1v) is 13.0. The second-order valence-electron chi connectivity index (χ2n) is 9.90. The van der Waals surface area contributed by atoms with Gasteiger partial charge in [-0.3, -0.25) is 9.59 Å². The normalized spacial score (nSPS) is 13.0. The number of carbonyl (C=O) groups excluding carboxylic acids is 2. The molecule has 1 fully saturated rings. The highest BCUT2D eigenvalue weighted by molar-refractivity contribution is 6.05. The molecule has 4 aromatic rings. The van der Waals surface area contributed by atoms with Gasteiger partial charge in [0.2, 0.25) is 0 Å². The zero-order chi connectivity index (χ0) is 27.7. The number of nitrogens with one attached hydrogen (secondary N) is 1. The van der Waals surface area contributed by atoms with Crippen molar-refractivity contribution in [2.75, 3.05) is 25.5 Å². The van der Waals surface area contributed by atoms with E-state index in [1.54, 1.807) is 44.4 Å². The Hall–Kier alpha value is -4.59. The first-order valence-electron chi connectivity index (χ1n) is 13.0. The Morgan fingerprint density at radius 1 is 0.949 bits per heavy atom. The molecule has 0 bridgehead atoms. The standard InChI is InChI=1S/C31H32N4O4/c1-19-9-7-10-20(2)27(19)25-18-22(13-14-26(25)39-4)29-32-21(3)28(35(29)38)30(36)33-24-12-8-11-23(17-24)31(37)34-15-5-6-16-34/h7-14,17-18,38H,5-6,15-16H2,1-4H3,(H,33,36). The van der Waals surface area contributed by atoms with Crippen LogP contribution in [0.4, 0.5) is 5.69 Å². The Labute approximate surface area is 227 Å². The fourth-order valence-electron chi connectivity index (χ4n) is 5.27. The number of amides is 2. The molecule has 39 heavy (non-hydrogen) atoms. The number of nitrogens with zero attached hydrogens (tertiary/aromatic N) is 3. The lowest BCUT2D eigenvalue weighted by Gasteiger charge is -2.16. The fourth-order valence-corrected chi connectivity index (χ4v) is 5.27. The van der Waals surface area contributed by atoms with Crippen molar-refractivity contribution < 1.29 is 19.5 Å². The average molecular weight is 525 g/mol. The summed E-state index contributed by atoms with van der Waals surface area (Å²) >= 11 is 0. The van der Waals surface area contributed by atoms with Crippen LogP contribution >= 0.6 is 0 Å². The van der Waals surface area contributed by atoms with Gasteiger partial charge in [0.1, 0.15) is 5.75 Å². The number of hydrogen-bond donors (Lipinski definition) is 2. The van der Waals surface area contributed by atoms with E-state index in [9.17, 15) is 14.8 Å². The predicted molar refractivity (Wildman–Crippen MR) is 151 cm³/mol. The lowest BCUT2D eigenvalue weighted by Crippen LogP contribution is -2.27. The highest BCUT2D eigenvalue weighted by atomic mass is 16.5. The van der Waals surface area contributed by atoms with Crippen molar-refractivity contribution in [2.24, 2.45) is 0 Å². The number of ether oxygens (including phenoxy) is 1. The van der Waals surface area contributed by atoms with Crippen molar-refractivity contribution in [3.05, 3.63) is 88.7 Å². The van der Waals surface area contributed by atoms with E-state index >= 15 is 0 Å². The van der Waals surface area contributed by atoms with E-state index in [2.05, 4.69) is 10.3 Å². The molecule has 1 aliphatic rings. The summed E-state index contributed by atoms with van der Waals surface area (Å²) in [5.74, 6) is 0.368. The van der Waals surface area contributed by atoms with Crippen LogP contribution in [0, 0.1) is 20.8 Å². The number of hydrogen-bond acceptors (Lipinski definition) is 5. The maximum absolute atomic E-state index is 13.3. The van der Waals surface area contributed by atoms with Gasteiger partial charge in [0.15, 0.2) is 11.5 Å². The number of imidazole rings is 1. The smallest absolute Gasteiger partial charge is 0.277 e. The number of carbonyl (C=O) groups is 2. The van der Waals surface area contributed by atoms with Crippen LogP contribution in [-0.4, -0.2) is 51.8 Å². The van der Waals surface area contributed by atoms with Gasteiger partial charge in [0, 0.05) is 35.5 Å². The van der Waals surface area contributed by atoms with Gasteiger partial charge in [-0.15, -0.1) is 0 Å².